The molecular weight excluding hydrogens is 565 g/mol. The summed E-state index contributed by atoms with van der Waals surface area (Å²) in [6.45, 7) is 0. The highest BCUT2D eigenvalue weighted by atomic mass is 79.9. The van der Waals surface area contributed by atoms with Crippen LogP contribution in [0.25, 0.3) is 28.2 Å². The average Bonchev–Trinajstić information content (AvgIpc) is 3.12. The Morgan fingerprint density at radius 3 is 1.26 bits per heavy atom. The second kappa shape index (κ2) is 6.95. The van der Waals surface area contributed by atoms with E-state index in [4.69, 9.17) is 0 Å². The van der Waals surface area contributed by atoms with E-state index in [0.29, 0.717) is 29.2 Å². The van der Waals surface area contributed by atoms with Crippen LogP contribution < -0.4 is 0 Å². The van der Waals surface area contributed by atoms with Crippen molar-refractivity contribution >= 4 is 42.1 Å². The topological polar surface area (TPSA) is 4.93 Å². The predicted molar refractivity (Wildman–Crippen MR) is 123 cm³/mol. The largest absolute Gasteiger partial charge is 0.310 e. The number of hydrogen-bond donors (Lipinski definition) is 0. The lowest BCUT2D eigenvalue weighted by Gasteiger charge is -2.40. The summed E-state index contributed by atoms with van der Waals surface area (Å²) in [6.07, 6.45) is 0. The van der Waals surface area contributed by atoms with E-state index in [0.717, 1.165) is 32.2 Å². The highest BCUT2D eigenvalue weighted by Gasteiger charge is 2.65. The number of benzene rings is 3. The maximum Gasteiger partial charge on any atom is 0.310 e. The van der Waals surface area contributed by atoms with Crippen LogP contribution in [0.1, 0.15) is 0 Å². The maximum absolute atomic E-state index is 13.2. The van der Waals surface area contributed by atoms with Crippen molar-refractivity contribution in [2.24, 2.45) is 0 Å². The summed E-state index contributed by atoms with van der Waals surface area (Å²) >= 11 is 6.76. The van der Waals surface area contributed by atoms with Crippen LogP contribution in [0.2, 0.25) is 0 Å². The Hall–Kier alpha value is -2.10. The van der Waals surface area contributed by atoms with Crippen LogP contribution in [0.5, 0.6) is 0 Å². The third-order valence-electron chi connectivity index (χ3n) is 4.70. The molecule has 1 aromatic heterocycles. The van der Waals surface area contributed by atoms with E-state index in [1.54, 1.807) is 4.57 Å². The fourth-order valence-electron chi connectivity index (χ4n) is 3.26. The molecule has 0 N–H and O–H groups in total. The first-order valence-corrected chi connectivity index (χ1v) is 12.4. The zero-order chi connectivity index (χ0) is 22.5. The summed E-state index contributed by atoms with van der Waals surface area (Å²) in [5.41, 5.74) is 3.41. The number of halogens is 7. The first-order chi connectivity index (χ1) is 14.3. The van der Waals surface area contributed by atoms with Gasteiger partial charge < -0.3 is 4.57 Å². The van der Waals surface area contributed by atoms with Gasteiger partial charge in [0.05, 0.1) is 11.4 Å². The molecule has 4 aromatic rings. The van der Waals surface area contributed by atoms with Crippen molar-refractivity contribution in [1.82, 2.24) is 4.57 Å². The SMILES string of the molecule is FS(F)(F)(F)(F)c1ccc(-n2c(-c3ccc(Br)cc3)ccc2-c2ccc(Br)cc2)cc1. The fraction of sp³-hybridized carbons (Fsp3) is 0. The van der Waals surface area contributed by atoms with Gasteiger partial charge in [-0.1, -0.05) is 75.6 Å². The quantitative estimate of drug-likeness (QED) is 0.212. The Labute approximate surface area is 192 Å². The monoisotopic (exact) mass is 577 g/mol. The van der Waals surface area contributed by atoms with Gasteiger partial charge in [0.15, 0.2) is 0 Å². The zero-order valence-corrected chi connectivity index (χ0v) is 19.6. The van der Waals surface area contributed by atoms with Crippen molar-refractivity contribution in [3.8, 4) is 28.2 Å². The summed E-state index contributed by atoms with van der Waals surface area (Å²) in [4.78, 5) is -1.91. The van der Waals surface area contributed by atoms with Gasteiger partial charge in [0.1, 0.15) is 4.90 Å². The van der Waals surface area contributed by atoms with Gasteiger partial charge in [-0.2, -0.15) is 0 Å². The normalized spacial score (nSPS) is 14.2. The first kappa shape index (κ1) is 22.1. The molecule has 0 fully saturated rings. The molecular formula is C22H14Br2F5NS. The van der Waals surface area contributed by atoms with Crippen LogP contribution in [0.3, 0.4) is 0 Å². The zero-order valence-electron chi connectivity index (χ0n) is 15.6. The number of nitrogens with zero attached hydrogens (tertiary/aromatic N) is 1. The molecule has 4 rings (SSSR count). The summed E-state index contributed by atoms with van der Waals surface area (Å²) in [5, 5.41) is 0. The Kier molecular flexibility index (Phi) is 4.96. The van der Waals surface area contributed by atoms with E-state index in [1.165, 1.54) is 0 Å². The highest BCUT2D eigenvalue weighted by molar-refractivity contribution is 9.10. The summed E-state index contributed by atoms with van der Waals surface area (Å²) < 4.78 is 69.4. The molecule has 3 aromatic carbocycles. The predicted octanol–water partition coefficient (Wildman–Crippen LogP) is 9.99. The first-order valence-electron chi connectivity index (χ1n) is 8.90. The second-order valence-electron chi connectivity index (χ2n) is 6.92. The van der Waals surface area contributed by atoms with Gasteiger partial charge in [-0.15, -0.1) is 0 Å². The van der Waals surface area contributed by atoms with Crippen LogP contribution in [0.15, 0.2) is 98.8 Å². The summed E-state index contributed by atoms with van der Waals surface area (Å²) in [7, 11) is -9.74. The van der Waals surface area contributed by atoms with Crippen LogP contribution in [-0.2, 0) is 0 Å². The minimum absolute atomic E-state index is 0.339. The molecule has 0 saturated heterocycles. The van der Waals surface area contributed by atoms with Gasteiger partial charge in [-0.3, -0.25) is 0 Å². The molecule has 1 nitrogen and oxygen atoms in total. The van der Waals surface area contributed by atoms with E-state index in [2.05, 4.69) is 31.9 Å². The molecule has 162 valence electrons. The van der Waals surface area contributed by atoms with Gasteiger partial charge in [0.25, 0.3) is 0 Å². The third kappa shape index (κ3) is 4.73. The summed E-state index contributed by atoms with van der Waals surface area (Å²) in [5.74, 6) is 0. The fourth-order valence-corrected chi connectivity index (χ4v) is 4.44. The molecule has 0 atom stereocenters. The molecule has 9 heteroatoms. The van der Waals surface area contributed by atoms with Crippen LogP contribution in [0, 0.1) is 0 Å². The minimum atomic E-state index is -9.74. The Morgan fingerprint density at radius 2 is 0.903 bits per heavy atom. The molecule has 0 saturated carbocycles. The smallest absolute Gasteiger partial charge is 0.309 e. The Bertz CT molecular complexity index is 1190. The van der Waals surface area contributed by atoms with E-state index < -0.39 is 15.1 Å². The van der Waals surface area contributed by atoms with Crippen molar-refractivity contribution < 1.29 is 19.4 Å². The maximum atomic E-state index is 13.2. The van der Waals surface area contributed by atoms with Crippen LogP contribution in [0.4, 0.5) is 19.4 Å². The lowest BCUT2D eigenvalue weighted by atomic mass is 10.1. The average molecular weight is 579 g/mol. The molecule has 0 spiro atoms. The molecule has 0 radical (unpaired) electrons. The van der Waals surface area contributed by atoms with Gasteiger partial charge in [-0.05, 0) is 71.8 Å². The molecule has 0 bridgehead atoms. The lowest BCUT2D eigenvalue weighted by Crippen LogP contribution is -2.06. The lowest BCUT2D eigenvalue weighted by molar-refractivity contribution is 0.364. The number of rotatable bonds is 4. The Balaban J connectivity index is 1.91. The molecule has 1 heterocycles. The molecule has 0 aliphatic heterocycles. The van der Waals surface area contributed by atoms with Crippen molar-refractivity contribution in [2.45, 2.75) is 4.90 Å². The van der Waals surface area contributed by atoms with Gasteiger partial charge in [0.2, 0.25) is 0 Å². The van der Waals surface area contributed by atoms with Crippen molar-refractivity contribution in [1.29, 1.82) is 0 Å². The highest BCUT2D eigenvalue weighted by Crippen LogP contribution is 3.02. The summed E-state index contributed by atoms with van der Waals surface area (Å²) in [6, 6.07) is 21.6. The number of hydrogen-bond acceptors (Lipinski definition) is 0. The van der Waals surface area contributed by atoms with E-state index in [1.807, 2.05) is 60.7 Å². The van der Waals surface area contributed by atoms with E-state index in [-0.39, 0.29) is 0 Å². The van der Waals surface area contributed by atoms with Gasteiger partial charge in [0, 0.05) is 14.6 Å². The van der Waals surface area contributed by atoms with Crippen molar-refractivity contribution in [3.63, 3.8) is 0 Å². The molecule has 0 aliphatic rings. The molecule has 31 heavy (non-hydrogen) atoms. The molecule has 0 amide bonds. The minimum Gasteiger partial charge on any atom is -0.309 e. The van der Waals surface area contributed by atoms with Gasteiger partial charge >= 0.3 is 10.2 Å². The van der Waals surface area contributed by atoms with Crippen LogP contribution >= 0.6 is 42.1 Å². The second-order valence-corrected chi connectivity index (χ2v) is 11.2. The standard InChI is InChI=1S/C22H14Br2F5NS/c23-17-5-1-15(2-6-17)21-13-14-22(16-3-7-18(24)8-4-16)30(21)19-9-11-20(12-10-19)31(25,26,27,28)29/h1-14H. The number of aromatic nitrogens is 1. The Morgan fingerprint density at radius 1 is 0.516 bits per heavy atom. The van der Waals surface area contributed by atoms with Gasteiger partial charge in [-0.25, -0.2) is 0 Å². The van der Waals surface area contributed by atoms with E-state index in [9.17, 15) is 19.4 Å². The van der Waals surface area contributed by atoms with Crippen molar-refractivity contribution in [2.75, 3.05) is 0 Å². The third-order valence-corrected chi connectivity index (χ3v) is 6.92. The van der Waals surface area contributed by atoms with Crippen LogP contribution in [-0.4, -0.2) is 4.57 Å². The van der Waals surface area contributed by atoms with Crippen molar-refractivity contribution in [3.05, 3.63) is 93.9 Å². The van der Waals surface area contributed by atoms with E-state index >= 15 is 0 Å². The molecule has 0 unspecified atom stereocenters. The molecule has 0 aliphatic carbocycles.